The molecule has 130 valence electrons. The number of ether oxygens (including phenoxy) is 2. The van der Waals surface area contributed by atoms with Crippen LogP contribution in [0.3, 0.4) is 0 Å². The average Bonchev–Trinajstić information content (AvgIpc) is 3.31. The van der Waals surface area contributed by atoms with Gasteiger partial charge in [0.15, 0.2) is 11.5 Å². The first-order valence-electron chi connectivity index (χ1n) is 8.86. The third-order valence-corrected chi connectivity index (χ3v) is 4.99. The van der Waals surface area contributed by atoms with Gasteiger partial charge in [0.2, 0.25) is 12.7 Å². The number of carbonyl (C=O) groups excluding carboxylic acids is 1. The van der Waals surface area contributed by atoms with Crippen LogP contribution in [0, 0.1) is 0 Å². The minimum Gasteiger partial charge on any atom is -0.454 e. The van der Waals surface area contributed by atoms with Crippen LogP contribution in [0.4, 0.5) is 0 Å². The van der Waals surface area contributed by atoms with E-state index in [0.29, 0.717) is 19.1 Å². The van der Waals surface area contributed by atoms with E-state index in [4.69, 9.17) is 9.47 Å². The van der Waals surface area contributed by atoms with E-state index in [2.05, 4.69) is 23.2 Å². The fourth-order valence-electron chi connectivity index (χ4n) is 3.57. The third kappa shape index (κ3) is 3.60. The van der Waals surface area contributed by atoms with Crippen LogP contribution in [-0.2, 0) is 11.2 Å². The second-order valence-electron chi connectivity index (χ2n) is 6.65. The Hall–Kier alpha value is -2.56. The van der Waals surface area contributed by atoms with Crippen molar-refractivity contribution in [3.8, 4) is 11.5 Å². The van der Waals surface area contributed by atoms with Gasteiger partial charge in [0.1, 0.15) is 0 Å². The molecular formula is C20H22N2O3. The zero-order valence-corrected chi connectivity index (χ0v) is 14.2. The molecule has 1 atom stereocenters. The molecule has 3 heterocycles. The Kier molecular flexibility index (Phi) is 4.55. The summed E-state index contributed by atoms with van der Waals surface area (Å²) in [5, 5.41) is 0. The number of likely N-dealkylation sites (tertiary alicyclic amines) is 1. The van der Waals surface area contributed by atoms with Gasteiger partial charge in [-0.2, -0.15) is 0 Å². The molecule has 5 heteroatoms. The maximum atomic E-state index is 12.5. The summed E-state index contributed by atoms with van der Waals surface area (Å²) in [6.07, 6.45) is 7.02. The Labute approximate surface area is 147 Å². The van der Waals surface area contributed by atoms with E-state index in [1.807, 2.05) is 23.2 Å². The number of nitrogens with zero attached hydrogens (tertiary/aromatic N) is 2. The highest BCUT2D eigenvalue weighted by Crippen LogP contribution is 2.37. The summed E-state index contributed by atoms with van der Waals surface area (Å²) < 4.78 is 10.8. The normalized spacial score (nSPS) is 18.6. The van der Waals surface area contributed by atoms with Gasteiger partial charge < -0.3 is 14.4 Å². The summed E-state index contributed by atoms with van der Waals surface area (Å²) >= 11 is 0. The predicted octanol–water partition coefficient (Wildman–Crippen LogP) is 3.15. The smallest absolute Gasteiger partial charge is 0.231 e. The van der Waals surface area contributed by atoms with Crippen molar-refractivity contribution in [1.82, 2.24) is 9.88 Å². The second-order valence-corrected chi connectivity index (χ2v) is 6.65. The average molecular weight is 338 g/mol. The summed E-state index contributed by atoms with van der Waals surface area (Å²) in [5.74, 6) is 2.27. The fourth-order valence-corrected chi connectivity index (χ4v) is 3.57. The van der Waals surface area contributed by atoms with Crippen molar-refractivity contribution in [3.63, 3.8) is 0 Å². The molecule has 0 aliphatic carbocycles. The quantitative estimate of drug-likeness (QED) is 0.840. The molecule has 4 rings (SSSR count). The first-order valence-corrected chi connectivity index (χ1v) is 8.86. The molecule has 1 aromatic heterocycles. The maximum absolute atomic E-state index is 12.5. The molecule has 2 aliphatic rings. The van der Waals surface area contributed by atoms with E-state index < -0.39 is 0 Å². The molecule has 5 nitrogen and oxygen atoms in total. The molecule has 25 heavy (non-hydrogen) atoms. The molecular weight excluding hydrogens is 316 g/mol. The summed E-state index contributed by atoms with van der Waals surface area (Å²) in [4.78, 5) is 18.6. The van der Waals surface area contributed by atoms with Gasteiger partial charge in [-0.1, -0.05) is 12.1 Å². The highest BCUT2D eigenvalue weighted by atomic mass is 16.7. The number of benzene rings is 1. The molecule has 0 spiro atoms. The highest BCUT2D eigenvalue weighted by Gasteiger charge is 2.28. The fraction of sp³-hybridized carbons (Fsp3) is 0.400. The zero-order chi connectivity index (χ0) is 17.1. The summed E-state index contributed by atoms with van der Waals surface area (Å²) in [6, 6.07) is 10.1. The molecule has 1 unspecified atom stereocenters. The van der Waals surface area contributed by atoms with Crippen molar-refractivity contribution in [2.45, 2.75) is 31.6 Å². The minimum absolute atomic E-state index is 0.257. The Morgan fingerprint density at radius 3 is 3.04 bits per heavy atom. The number of fused-ring (bicyclic) bond motifs is 1. The molecule has 1 amide bonds. The number of carbonyl (C=O) groups is 1. The van der Waals surface area contributed by atoms with Gasteiger partial charge in [0.05, 0.1) is 0 Å². The van der Waals surface area contributed by atoms with Crippen LogP contribution in [0.1, 0.15) is 36.3 Å². The lowest BCUT2D eigenvalue weighted by molar-refractivity contribution is -0.130. The van der Waals surface area contributed by atoms with Gasteiger partial charge in [0.25, 0.3) is 0 Å². The predicted molar refractivity (Wildman–Crippen MR) is 93.7 cm³/mol. The van der Waals surface area contributed by atoms with E-state index in [1.54, 1.807) is 6.20 Å². The Bertz CT molecular complexity index is 748. The van der Waals surface area contributed by atoms with Crippen LogP contribution in [0.15, 0.2) is 42.7 Å². The highest BCUT2D eigenvalue weighted by molar-refractivity contribution is 5.76. The minimum atomic E-state index is 0.257. The van der Waals surface area contributed by atoms with E-state index in [1.165, 1.54) is 11.1 Å². The molecule has 0 saturated carbocycles. The Morgan fingerprint density at radius 2 is 2.16 bits per heavy atom. The lowest BCUT2D eigenvalue weighted by Gasteiger charge is -2.17. The van der Waals surface area contributed by atoms with Crippen LogP contribution in [0.5, 0.6) is 11.5 Å². The van der Waals surface area contributed by atoms with Gasteiger partial charge in [-0.25, -0.2) is 0 Å². The Balaban J connectivity index is 1.29. The van der Waals surface area contributed by atoms with Crippen LogP contribution in [-0.4, -0.2) is 35.7 Å². The van der Waals surface area contributed by atoms with Gasteiger partial charge in [-0.3, -0.25) is 9.78 Å². The summed E-state index contributed by atoms with van der Waals surface area (Å²) in [7, 11) is 0. The van der Waals surface area contributed by atoms with Gasteiger partial charge in [0, 0.05) is 37.8 Å². The third-order valence-electron chi connectivity index (χ3n) is 4.99. The largest absolute Gasteiger partial charge is 0.454 e. The molecule has 1 fully saturated rings. The van der Waals surface area contributed by atoms with E-state index in [9.17, 15) is 4.79 Å². The number of aryl methyl sites for hydroxylation is 1. The van der Waals surface area contributed by atoms with Crippen LogP contribution in [0.25, 0.3) is 0 Å². The van der Waals surface area contributed by atoms with Gasteiger partial charge in [-0.15, -0.1) is 0 Å². The van der Waals surface area contributed by atoms with Crippen LogP contribution >= 0.6 is 0 Å². The van der Waals surface area contributed by atoms with Gasteiger partial charge in [-0.05, 0) is 48.6 Å². The summed E-state index contributed by atoms with van der Waals surface area (Å²) in [5.41, 5.74) is 2.42. The molecule has 0 radical (unpaired) electrons. The topological polar surface area (TPSA) is 51.7 Å². The van der Waals surface area contributed by atoms with Crippen molar-refractivity contribution in [2.24, 2.45) is 0 Å². The van der Waals surface area contributed by atoms with Crippen molar-refractivity contribution >= 4 is 5.91 Å². The lowest BCUT2D eigenvalue weighted by Crippen LogP contribution is -2.28. The molecule has 2 aliphatic heterocycles. The molecule has 1 saturated heterocycles. The van der Waals surface area contributed by atoms with E-state index >= 15 is 0 Å². The van der Waals surface area contributed by atoms with Crippen molar-refractivity contribution in [2.75, 3.05) is 19.9 Å². The zero-order valence-electron chi connectivity index (χ0n) is 14.2. The molecule has 0 bridgehead atoms. The number of aromatic nitrogens is 1. The first-order chi connectivity index (χ1) is 12.3. The first kappa shape index (κ1) is 15.9. The monoisotopic (exact) mass is 338 g/mol. The van der Waals surface area contributed by atoms with Crippen molar-refractivity contribution in [1.29, 1.82) is 0 Å². The van der Waals surface area contributed by atoms with Crippen LogP contribution in [0.2, 0.25) is 0 Å². The number of amides is 1. The van der Waals surface area contributed by atoms with Gasteiger partial charge >= 0.3 is 0 Å². The number of pyridine rings is 1. The molecule has 1 aromatic carbocycles. The van der Waals surface area contributed by atoms with E-state index in [-0.39, 0.29) is 5.91 Å². The number of hydrogen-bond donors (Lipinski definition) is 0. The lowest BCUT2D eigenvalue weighted by atomic mass is 9.98. The maximum Gasteiger partial charge on any atom is 0.231 e. The number of rotatable bonds is 5. The second kappa shape index (κ2) is 7.13. The van der Waals surface area contributed by atoms with Crippen LogP contribution < -0.4 is 9.47 Å². The Morgan fingerprint density at radius 1 is 1.24 bits per heavy atom. The SMILES string of the molecule is O=C(CCCc1cccnc1)N1CCC(c2ccc3c(c2)OCO3)C1. The van der Waals surface area contributed by atoms with Crippen molar-refractivity contribution < 1.29 is 14.3 Å². The summed E-state index contributed by atoms with van der Waals surface area (Å²) in [6.45, 7) is 1.93. The number of hydrogen-bond acceptors (Lipinski definition) is 4. The standard InChI is InChI=1S/C20H22N2O3/c23-20(5-1-3-15-4-2-9-21-12-15)22-10-8-17(13-22)16-6-7-18-19(11-16)25-14-24-18/h2,4,6-7,9,11-12,17H,1,3,5,8,10,13-14H2. The van der Waals surface area contributed by atoms with E-state index in [0.717, 1.165) is 43.9 Å². The van der Waals surface area contributed by atoms with Crippen molar-refractivity contribution in [3.05, 3.63) is 53.9 Å². The molecule has 0 N–H and O–H groups in total. The molecule has 2 aromatic rings.